The molecule has 0 bridgehead atoms. The summed E-state index contributed by atoms with van der Waals surface area (Å²) in [6.07, 6.45) is 0.0323. The quantitative estimate of drug-likeness (QED) is 0.909. The Hall–Kier alpha value is -1.87. The van der Waals surface area contributed by atoms with E-state index in [2.05, 4.69) is 5.32 Å². The molecule has 0 saturated carbocycles. The average molecular weight is 292 g/mol. The van der Waals surface area contributed by atoms with E-state index in [9.17, 15) is 9.18 Å². The van der Waals surface area contributed by atoms with Gasteiger partial charge in [0.05, 0.1) is 12.5 Å². The van der Waals surface area contributed by atoms with Crippen LogP contribution >= 0.6 is 11.6 Å². The van der Waals surface area contributed by atoms with Crippen LogP contribution in [0.1, 0.15) is 24.1 Å². The number of nitrogens with one attached hydrogen (secondary N) is 1. The van der Waals surface area contributed by atoms with Crippen molar-refractivity contribution in [1.82, 2.24) is 5.32 Å². The van der Waals surface area contributed by atoms with E-state index in [1.807, 2.05) is 19.1 Å². The van der Waals surface area contributed by atoms with Gasteiger partial charge in [0.1, 0.15) is 5.82 Å². The first-order chi connectivity index (χ1) is 9.56. The molecule has 2 rings (SSSR count). The lowest BCUT2D eigenvalue weighted by molar-refractivity contribution is -0.121. The van der Waals surface area contributed by atoms with Crippen molar-refractivity contribution in [2.75, 3.05) is 0 Å². The Morgan fingerprint density at radius 3 is 2.50 bits per heavy atom. The predicted octanol–water partition coefficient (Wildman–Crippen LogP) is 3.90. The number of rotatable bonds is 4. The van der Waals surface area contributed by atoms with E-state index in [-0.39, 0.29) is 24.2 Å². The van der Waals surface area contributed by atoms with Crippen LogP contribution in [0.25, 0.3) is 0 Å². The van der Waals surface area contributed by atoms with Crippen LogP contribution in [0, 0.1) is 5.82 Å². The Morgan fingerprint density at radius 1 is 1.20 bits per heavy atom. The van der Waals surface area contributed by atoms with E-state index in [1.165, 1.54) is 6.07 Å². The van der Waals surface area contributed by atoms with Crippen LogP contribution in [-0.2, 0) is 11.2 Å². The minimum Gasteiger partial charge on any atom is -0.349 e. The molecule has 1 atom stereocenters. The largest absolute Gasteiger partial charge is 0.349 e. The summed E-state index contributed by atoms with van der Waals surface area (Å²) in [4.78, 5) is 11.9. The molecule has 0 aliphatic carbocycles. The molecular weight excluding hydrogens is 277 g/mol. The lowest BCUT2D eigenvalue weighted by atomic mass is 10.1. The molecule has 0 unspecified atom stereocenters. The first-order valence-corrected chi connectivity index (χ1v) is 6.72. The van der Waals surface area contributed by atoms with Crippen LogP contribution in [0.3, 0.4) is 0 Å². The summed E-state index contributed by atoms with van der Waals surface area (Å²) in [7, 11) is 0. The lowest BCUT2D eigenvalue weighted by Gasteiger charge is -2.14. The second-order valence-electron chi connectivity index (χ2n) is 4.61. The van der Waals surface area contributed by atoms with Gasteiger partial charge in [0, 0.05) is 5.02 Å². The van der Waals surface area contributed by atoms with Gasteiger partial charge in [0.15, 0.2) is 0 Å². The standard InChI is InChI=1S/C16H15ClFNO/c1-11(12-6-8-14(17)9-7-12)19-16(20)10-13-4-2-3-5-15(13)18/h2-9,11H,10H2,1H3,(H,19,20)/t11-/m0/s1. The van der Waals surface area contributed by atoms with Crippen molar-refractivity contribution in [2.24, 2.45) is 0 Å². The summed E-state index contributed by atoms with van der Waals surface area (Å²) in [5.41, 5.74) is 1.35. The average Bonchev–Trinajstić information content (AvgIpc) is 2.42. The van der Waals surface area contributed by atoms with Crippen molar-refractivity contribution in [1.29, 1.82) is 0 Å². The maximum Gasteiger partial charge on any atom is 0.225 e. The van der Waals surface area contributed by atoms with Crippen molar-refractivity contribution in [3.05, 3.63) is 70.5 Å². The van der Waals surface area contributed by atoms with Gasteiger partial charge in [-0.15, -0.1) is 0 Å². The van der Waals surface area contributed by atoms with E-state index in [0.29, 0.717) is 10.6 Å². The van der Waals surface area contributed by atoms with Crippen LogP contribution in [0.2, 0.25) is 5.02 Å². The number of amides is 1. The van der Waals surface area contributed by atoms with Gasteiger partial charge in [-0.25, -0.2) is 4.39 Å². The first kappa shape index (κ1) is 14.5. The molecular formula is C16H15ClFNO. The molecule has 2 aromatic rings. The van der Waals surface area contributed by atoms with Crippen molar-refractivity contribution in [3.63, 3.8) is 0 Å². The third kappa shape index (κ3) is 3.81. The lowest BCUT2D eigenvalue weighted by Crippen LogP contribution is -2.28. The maximum absolute atomic E-state index is 13.5. The van der Waals surface area contributed by atoms with E-state index >= 15 is 0 Å². The zero-order valence-electron chi connectivity index (χ0n) is 11.1. The maximum atomic E-state index is 13.5. The van der Waals surface area contributed by atoms with Gasteiger partial charge in [-0.05, 0) is 36.2 Å². The van der Waals surface area contributed by atoms with Crippen molar-refractivity contribution in [2.45, 2.75) is 19.4 Å². The number of hydrogen-bond acceptors (Lipinski definition) is 1. The van der Waals surface area contributed by atoms with Gasteiger partial charge >= 0.3 is 0 Å². The Bertz CT molecular complexity index is 598. The molecule has 0 radical (unpaired) electrons. The summed E-state index contributed by atoms with van der Waals surface area (Å²) in [6, 6.07) is 13.4. The number of halogens is 2. The Labute approximate surface area is 122 Å². The second kappa shape index (κ2) is 6.53. The van der Waals surface area contributed by atoms with Crippen LogP contribution in [-0.4, -0.2) is 5.91 Å². The molecule has 0 aromatic heterocycles. The highest BCUT2D eigenvalue weighted by molar-refractivity contribution is 6.30. The second-order valence-corrected chi connectivity index (χ2v) is 5.05. The summed E-state index contributed by atoms with van der Waals surface area (Å²) < 4.78 is 13.5. The monoisotopic (exact) mass is 291 g/mol. The Kier molecular flexibility index (Phi) is 4.74. The molecule has 1 amide bonds. The van der Waals surface area contributed by atoms with E-state index < -0.39 is 0 Å². The Balaban J connectivity index is 1.98. The molecule has 20 heavy (non-hydrogen) atoms. The summed E-state index contributed by atoms with van der Waals surface area (Å²) in [5.74, 6) is -0.570. The third-order valence-corrected chi connectivity index (χ3v) is 3.31. The van der Waals surface area contributed by atoms with E-state index in [0.717, 1.165) is 5.56 Å². The fourth-order valence-corrected chi connectivity index (χ4v) is 2.07. The van der Waals surface area contributed by atoms with Gasteiger partial charge < -0.3 is 5.32 Å². The van der Waals surface area contributed by atoms with Gasteiger partial charge in [-0.3, -0.25) is 4.79 Å². The van der Waals surface area contributed by atoms with Crippen molar-refractivity contribution in [3.8, 4) is 0 Å². The molecule has 0 heterocycles. The zero-order valence-corrected chi connectivity index (χ0v) is 11.8. The molecule has 4 heteroatoms. The highest BCUT2D eigenvalue weighted by Crippen LogP contribution is 2.16. The van der Waals surface area contributed by atoms with Gasteiger partial charge in [0.25, 0.3) is 0 Å². The fourth-order valence-electron chi connectivity index (χ4n) is 1.94. The minimum absolute atomic E-state index is 0.0323. The van der Waals surface area contributed by atoms with E-state index in [1.54, 1.807) is 30.3 Å². The molecule has 2 nitrogen and oxygen atoms in total. The third-order valence-electron chi connectivity index (χ3n) is 3.06. The number of carbonyl (C=O) groups excluding carboxylic acids is 1. The van der Waals surface area contributed by atoms with Crippen LogP contribution in [0.5, 0.6) is 0 Å². The molecule has 0 spiro atoms. The first-order valence-electron chi connectivity index (χ1n) is 6.34. The van der Waals surface area contributed by atoms with Gasteiger partial charge in [0.2, 0.25) is 5.91 Å². The Morgan fingerprint density at radius 2 is 1.85 bits per heavy atom. The smallest absolute Gasteiger partial charge is 0.225 e. The SMILES string of the molecule is C[C@H](NC(=O)Cc1ccccc1F)c1ccc(Cl)cc1. The van der Waals surface area contributed by atoms with Crippen LogP contribution < -0.4 is 5.32 Å². The number of hydrogen-bond donors (Lipinski definition) is 1. The molecule has 0 aliphatic rings. The van der Waals surface area contributed by atoms with Crippen LogP contribution in [0.4, 0.5) is 4.39 Å². The minimum atomic E-state index is -0.359. The molecule has 0 aliphatic heterocycles. The molecule has 1 N–H and O–H groups in total. The summed E-state index contributed by atoms with van der Waals surface area (Å²) in [5, 5.41) is 3.49. The number of benzene rings is 2. The fraction of sp³-hybridized carbons (Fsp3) is 0.188. The highest BCUT2D eigenvalue weighted by Gasteiger charge is 2.11. The molecule has 2 aromatic carbocycles. The zero-order chi connectivity index (χ0) is 14.5. The summed E-state index contributed by atoms with van der Waals surface area (Å²) in [6.45, 7) is 1.88. The molecule has 0 fully saturated rings. The highest BCUT2D eigenvalue weighted by atomic mass is 35.5. The van der Waals surface area contributed by atoms with Crippen molar-refractivity contribution >= 4 is 17.5 Å². The number of carbonyl (C=O) groups is 1. The predicted molar refractivity (Wildman–Crippen MR) is 78.1 cm³/mol. The molecule has 104 valence electrons. The van der Waals surface area contributed by atoms with Gasteiger partial charge in [-0.1, -0.05) is 41.9 Å². The van der Waals surface area contributed by atoms with Gasteiger partial charge in [-0.2, -0.15) is 0 Å². The van der Waals surface area contributed by atoms with Crippen molar-refractivity contribution < 1.29 is 9.18 Å². The van der Waals surface area contributed by atoms with E-state index in [4.69, 9.17) is 11.6 Å². The molecule has 0 saturated heterocycles. The van der Waals surface area contributed by atoms with Crippen LogP contribution in [0.15, 0.2) is 48.5 Å². The topological polar surface area (TPSA) is 29.1 Å². The normalized spacial score (nSPS) is 11.9. The summed E-state index contributed by atoms with van der Waals surface area (Å²) >= 11 is 5.82.